The summed E-state index contributed by atoms with van der Waals surface area (Å²) in [5, 5.41) is 5.13. The van der Waals surface area contributed by atoms with Crippen LogP contribution in [0, 0.1) is 5.82 Å². The van der Waals surface area contributed by atoms with Gasteiger partial charge in [0.05, 0.1) is 17.7 Å². The van der Waals surface area contributed by atoms with Crippen LogP contribution in [-0.4, -0.2) is 29.9 Å². The molecular weight excluding hydrogens is 405 g/mol. The molecule has 0 aliphatic heterocycles. The highest BCUT2D eigenvalue weighted by molar-refractivity contribution is 6.34. The van der Waals surface area contributed by atoms with Crippen molar-refractivity contribution in [3.8, 4) is 0 Å². The topological polar surface area (TPSA) is 111 Å². The Kier molecular flexibility index (Phi) is 5.89. The second-order valence-corrected chi connectivity index (χ2v) is 6.04. The molecule has 0 bridgehead atoms. The van der Waals surface area contributed by atoms with Crippen LogP contribution in [0.25, 0.3) is 0 Å². The number of methoxy groups -OCH3 is 1. The number of esters is 1. The molecule has 2 aromatic carbocycles. The molecule has 3 aromatic rings. The zero-order valence-electron chi connectivity index (χ0n) is 14.9. The fourth-order valence-electron chi connectivity index (χ4n) is 2.35. The third-order valence-corrected chi connectivity index (χ3v) is 4.04. The van der Waals surface area contributed by atoms with Crippen molar-refractivity contribution in [2.24, 2.45) is 0 Å². The minimum atomic E-state index is -0.804. The molecule has 2 N–H and O–H groups in total. The maximum Gasteiger partial charge on any atom is 0.360 e. The van der Waals surface area contributed by atoms with Gasteiger partial charge < -0.3 is 19.8 Å². The minimum Gasteiger partial charge on any atom is -0.464 e. The van der Waals surface area contributed by atoms with Crippen LogP contribution in [0.3, 0.4) is 0 Å². The number of ether oxygens (including phenoxy) is 1. The predicted octanol–water partition coefficient (Wildman–Crippen LogP) is 3.76. The molecule has 0 saturated carbocycles. The van der Waals surface area contributed by atoms with Crippen molar-refractivity contribution in [2.45, 2.75) is 0 Å². The second kappa shape index (κ2) is 8.53. The first-order valence-corrected chi connectivity index (χ1v) is 8.46. The van der Waals surface area contributed by atoms with Gasteiger partial charge in [0.15, 0.2) is 12.1 Å². The fraction of sp³-hybridized carbons (Fsp3) is 0.0526. The highest BCUT2D eigenvalue weighted by Gasteiger charge is 2.23. The second-order valence-electron chi connectivity index (χ2n) is 5.63. The van der Waals surface area contributed by atoms with Crippen LogP contribution < -0.4 is 10.6 Å². The van der Waals surface area contributed by atoms with Crippen LogP contribution in [-0.2, 0) is 4.74 Å². The SMILES string of the molecule is COC(=O)c1ncoc1C(=O)Nc1ccc(NC(=O)c2ccc(F)cc2Cl)cc1. The molecule has 8 nitrogen and oxygen atoms in total. The monoisotopic (exact) mass is 417 g/mol. The third-order valence-electron chi connectivity index (χ3n) is 3.73. The van der Waals surface area contributed by atoms with Crippen molar-refractivity contribution in [1.29, 1.82) is 0 Å². The Bertz CT molecular complexity index is 1080. The van der Waals surface area contributed by atoms with E-state index in [1.54, 1.807) is 0 Å². The number of aromatic nitrogens is 1. The number of nitrogens with one attached hydrogen (secondary N) is 2. The van der Waals surface area contributed by atoms with Crippen molar-refractivity contribution < 1.29 is 27.9 Å². The summed E-state index contributed by atoms with van der Waals surface area (Å²) in [4.78, 5) is 39.7. The maximum atomic E-state index is 13.1. The van der Waals surface area contributed by atoms with Crippen LogP contribution in [0.5, 0.6) is 0 Å². The van der Waals surface area contributed by atoms with Crippen molar-refractivity contribution in [3.05, 3.63) is 76.7 Å². The van der Waals surface area contributed by atoms with Gasteiger partial charge >= 0.3 is 5.97 Å². The number of anilines is 2. The lowest BCUT2D eigenvalue weighted by Gasteiger charge is -2.08. The number of halogens is 2. The standard InChI is InChI=1S/C19H13ClFN3O5/c1-28-19(27)15-16(29-9-22-15)18(26)24-12-5-3-11(4-6-12)23-17(25)13-7-2-10(21)8-14(13)20/h2-9H,1H3,(H,23,25)(H,24,26). The molecule has 3 rings (SSSR count). The summed E-state index contributed by atoms with van der Waals surface area (Å²) in [6.45, 7) is 0. The number of carbonyl (C=O) groups is 3. The summed E-state index contributed by atoms with van der Waals surface area (Å²) in [5.41, 5.74) is 0.666. The van der Waals surface area contributed by atoms with Gasteiger partial charge in [-0.05, 0) is 42.5 Å². The Balaban J connectivity index is 1.67. The van der Waals surface area contributed by atoms with E-state index in [-0.39, 0.29) is 22.0 Å². The van der Waals surface area contributed by atoms with Crippen LogP contribution in [0.2, 0.25) is 5.02 Å². The van der Waals surface area contributed by atoms with E-state index in [1.165, 1.54) is 30.3 Å². The summed E-state index contributed by atoms with van der Waals surface area (Å²) in [6.07, 6.45) is 0.959. The minimum absolute atomic E-state index is 0.0140. The normalized spacial score (nSPS) is 10.3. The summed E-state index contributed by atoms with van der Waals surface area (Å²) < 4.78 is 22.6. The molecule has 0 fully saturated rings. The molecule has 2 amide bonds. The summed E-state index contributed by atoms with van der Waals surface area (Å²) >= 11 is 5.87. The van der Waals surface area contributed by atoms with E-state index in [9.17, 15) is 18.8 Å². The highest BCUT2D eigenvalue weighted by atomic mass is 35.5. The average Bonchev–Trinajstić information content (AvgIpc) is 3.19. The molecular formula is C19H13ClFN3O5. The number of hydrogen-bond acceptors (Lipinski definition) is 6. The van der Waals surface area contributed by atoms with Crippen LogP contribution in [0.15, 0.2) is 53.3 Å². The molecule has 148 valence electrons. The number of carbonyl (C=O) groups excluding carboxylic acids is 3. The highest BCUT2D eigenvalue weighted by Crippen LogP contribution is 2.20. The first-order chi connectivity index (χ1) is 13.9. The van der Waals surface area contributed by atoms with Gasteiger partial charge in [-0.25, -0.2) is 14.2 Å². The Hall–Kier alpha value is -3.72. The molecule has 0 spiro atoms. The number of oxazole rings is 1. The lowest BCUT2D eigenvalue weighted by Crippen LogP contribution is -2.16. The lowest BCUT2D eigenvalue weighted by atomic mass is 10.2. The number of nitrogens with zero attached hydrogens (tertiary/aromatic N) is 1. The van der Waals surface area contributed by atoms with Gasteiger partial charge in [0.2, 0.25) is 5.76 Å². The molecule has 1 heterocycles. The lowest BCUT2D eigenvalue weighted by molar-refractivity contribution is 0.0589. The quantitative estimate of drug-likeness (QED) is 0.611. The zero-order chi connectivity index (χ0) is 21.0. The Morgan fingerprint density at radius 1 is 1.03 bits per heavy atom. The molecule has 0 aliphatic carbocycles. The smallest absolute Gasteiger partial charge is 0.360 e. The van der Waals surface area contributed by atoms with E-state index in [4.69, 9.17) is 16.0 Å². The first-order valence-electron chi connectivity index (χ1n) is 8.08. The molecule has 29 heavy (non-hydrogen) atoms. The fourth-order valence-corrected chi connectivity index (χ4v) is 2.60. The Morgan fingerprint density at radius 2 is 1.66 bits per heavy atom. The van der Waals surface area contributed by atoms with Crippen molar-refractivity contribution in [1.82, 2.24) is 4.98 Å². The zero-order valence-corrected chi connectivity index (χ0v) is 15.6. The molecule has 0 unspecified atom stereocenters. The maximum absolute atomic E-state index is 13.1. The number of hydrogen-bond donors (Lipinski definition) is 2. The van der Waals surface area contributed by atoms with Gasteiger partial charge in [0, 0.05) is 11.4 Å². The van der Waals surface area contributed by atoms with Crippen LogP contribution in [0.1, 0.15) is 31.4 Å². The van der Waals surface area contributed by atoms with E-state index in [0.29, 0.717) is 11.4 Å². The van der Waals surface area contributed by atoms with Gasteiger partial charge in [0.25, 0.3) is 11.8 Å². The first kappa shape index (κ1) is 20.0. The Morgan fingerprint density at radius 3 is 2.24 bits per heavy atom. The average molecular weight is 418 g/mol. The summed E-state index contributed by atoms with van der Waals surface area (Å²) in [6, 6.07) is 9.56. The van der Waals surface area contributed by atoms with Crippen LogP contribution >= 0.6 is 11.6 Å². The van der Waals surface area contributed by atoms with E-state index in [0.717, 1.165) is 25.6 Å². The summed E-state index contributed by atoms with van der Waals surface area (Å²) in [7, 11) is 1.16. The molecule has 0 atom stereocenters. The predicted molar refractivity (Wildman–Crippen MR) is 102 cm³/mol. The number of benzene rings is 2. The van der Waals surface area contributed by atoms with E-state index in [2.05, 4.69) is 20.4 Å². The van der Waals surface area contributed by atoms with Gasteiger partial charge in [0.1, 0.15) is 5.82 Å². The van der Waals surface area contributed by atoms with Gasteiger partial charge in [-0.3, -0.25) is 9.59 Å². The van der Waals surface area contributed by atoms with Gasteiger partial charge in [-0.2, -0.15) is 0 Å². The van der Waals surface area contributed by atoms with Crippen LogP contribution in [0.4, 0.5) is 15.8 Å². The largest absolute Gasteiger partial charge is 0.464 e. The molecule has 0 saturated heterocycles. The number of amides is 2. The van der Waals surface area contributed by atoms with Gasteiger partial charge in [-0.1, -0.05) is 11.6 Å². The molecule has 0 radical (unpaired) electrons. The molecule has 1 aromatic heterocycles. The van der Waals surface area contributed by atoms with Crippen molar-refractivity contribution in [2.75, 3.05) is 17.7 Å². The molecule has 0 aliphatic rings. The van der Waals surface area contributed by atoms with E-state index >= 15 is 0 Å². The van der Waals surface area contributed by atoms with Gasteiger partial charge in [-0.15, -0.1) is 0 Å². The van der Waals surface area contributed by atoms with Crippen molar-refractivity contribution >= 4 is 40.8 Å². The molecule has 10 heteroatoms. The number of rotatable bonds is 5. The van der Waals surface area contributed by atoms with Crippen molar-refractivity contribution in [3.63, 3.8) is 0 Å². The Labute approximate surface area is 168 Å². The van der Waals surface area contributed by atoms with E-state index < -0.39 is 23.6 Å². The van der Waals surface area contributed by atoms with E-state index in [1.807, 2.05) is 0 Å². The summed E-state index contributed by atoms with van der Waals surface area (Å²) in [5.74, 6) is -2.86. The third kappa shape index (κ3) is 4.58.